The highest BCUT2D eigenvalue weighted by atomic mass is 127. The SMILES string of the molecule is CCNC(=NCc1ccc(Oc2cccc(F)c2)nc1)NC(C)COC.I. The number of hydrogen-bond donors (Lipinski definition) is 2. The number of halogens is 2. The van der Waals surface area contributed by atoms with E-state index in [2.05, 4.69) is 20.6 Å². The first-order chi connectivity index (χ1) is 12.6. The third-order valence-corrected chi connectivity index (χ3v) is 3.38. The normalized spacial score (nSPS) is 12.1. The average molecular weight is 488 g/mol. The van der Waals surface area contributed by atoms with Crippen LogP contribution in [-0.4, -0.2) is 37.2 Å². The van der Waals surface area contributed by atoms with Crippen molar-refractivity contribution in [2.24, 2.45) is 4.99 Å². The van der Waals surface area contributed by atoms with Gasteiger partial charge in [0.25, 0.3) is 0 Å². The minimum atomic E-state index is -0.348. The van der Waals surface area contributed by atoms with Gasteiger partial charge in [-0.05, 0) is 31.5 Å². The fraction of sp³-hybridized carbons (Fsp3) is 0.368. The van der Waals surface area contributed by atoms with Crippen molar-refractivity contribution in [2.75, 3.05) is 20.3 Å². The monoisotopic (exact) mass is 488 g/mol. The van der Waals surface area contributed by atoms with E-state index in [1.165, 1.54) is 12.1 Å². The summed E-state index contributed by atoms with van der Waals surface area (Å²) in [5, 5.41) is 6.47. The fourth-order valence-corrected chi connectivity index (χ4v) is 2.23. The Balaban J connectivity index is 0.00000364. The Labute approximate surface area is 176 Å². The highest BCUT2D eigenvalue weighted by Gasteiger charge is 2.05. The van der Waals surface area contributed by atoms with Crippen LogP contribution in [0, 0.1) is 5.82 Å². The van der Waals surface area contributed by atoms with Gasteiger partial charge in [-0.25, -0.2) is 14.4 Å². The molecule has 0 saturated carbocycles. The first-order valence-corrected chi connectivity index (χ1v) is 8.53. The van der Waals surface area contributed by atoms with Crippen LogP contribution in [0.1, 0.15) is 19.4 Å². The molecule has 0 aliphatic heterocycles. The zero-order chi connectivity index (χ0) is 18.8. The van der Waals surface area contributed by atoms with Crippen LogP contribution in [0.25, 0.3) is 0 Å². The molecule has 0 fully saturated rings. The van der Waals surface area contributed by atoms with Crippen molar-refractivity contribution >= 4 is 29.9 Å². The number of benzene rings is 1. The van der Waals surface area contributed by atoms with Gasteiger partial charge >= 0.3 is 0 Å². The molecule has 1 heterocycles. The van der Waals surface area contributed by atoms with Gasteiger partial charge in [-0.15, -0.1) is 24.0 Å². The predicted molar refractivity (Wildman–Crippen MR) is 115 cm³/mol. The highest BCUT2D eigenvalue weighted by Crippen LogP contribution is 2.20. The van der Waals surface area contributed by atoms with Crippen LogP contribution in [-0.2, 0) is 11.3 Å². The molecule has 27 heavy (non-hydrogen) atoms. The third kappa shape index (κ3) is 8.53. The molecular formula is C19H26FIN4O2. The molecule has 6 nitrogen and oxygen atoms in total. The average Bonchev–Trinajstić information content (AvgIpc) is 2.61. The molecule has 0 spiro atoms. The molecule has 0 aliphatic rings. The molecule has 0 amide bonds. The van der Waals surface area contributed by atoms with Crippen molar-refractivity contribution in [1.82, 2.24) is 15.6 Å². The summed E-state index contributed by atoms with van der Waals surface area (Å²) < 4.78 is 23.8. The molecule has 0 radical (unpaired) electrons. The summed E-state index contributed by atoms with van der Waals surface area (Å²) in [4.78, 5) is 8.78. The van der Waals surface area contributed by atoms with Gasteiger partial charge in [0.15, 0.2) is 5.96 Å². The van der Waals surface area contributed by atoms with Gasteiger partial charge in [0, 0.05) is 38.0 Å². The van der Waals surface area contributed by atoms with Crippen LogP contribution < -0.4 is 15.4 Å². The first-order valence-electron chi connectivity index (χ1n) is 8.53. The molecular weight excluding hydrogens is 462 g/mol. The van der Waals surface area contributed by atoms with E-state index in [1.807, 2.05) is 19.9 Å². The summed E-state index contributed by atoms with van der Waals surface area (Å²) in [7, 11) is 1.67. The fourth-order valence-electron chi connectivity index (χ4n) is 2.23. The number of methoxy groups -OCH3 is 1. The van der Waals surface area contributed by atoms with Gasteiger partial charge in [0.1, 0.15) is 11.6 Å². The molecule has 2 aromatic rings. The Kier molecular flexibility index (Phi) is 10.6. The number of hydrogen-bond acceptors (Lipinski definition) is 4. The molecule has 0 bridgehead atoms. The first kappa shape index (κ1) is 23.1. The Morgan fingerprint density at radius 2 is 2.11 bits per heavy atom. The molecule has 1 aromatic carbocycles. The maximum absolute atomic E-state index is 13.2. The zero-order valence-electron chi connectivity index (χ0n) is 15.7. The van der Waals surface area contributed by atoms with Crippen LogP contribution in [0.15, 0.2) is 47.6 Å². The van der Waals surface area contributed by atoms with Crippen LogP contribution in [0.3, 0.4) is 0 Å². The number of aromatic nitrogens is 1. The topological polar surface area (TPSA) is 67.8 Å². The molecule has 1 aromatic heterocycles. The van der Waals surface area contributed by atoms with E-state index in [-0.39, 0.29) is 35.8 Å². The Hall–Kier alpha value is -1.94. The quantitative estimate of drug-likeness (QED) is 0.337. The van der Waals surface area contributed by atoms with Crippen LogP contribution >= 0.6 is 24.0 Å². The summed E-state index contributed by atoms with van der Waals surface area (Å²) in [5.74, 6) is 1.19. The Morgan fingerprint density at radius 1 is 1.30 bits per heavy atom. The number of rotatable bonds is 8. The minimum absolute atomic E-state index is 0. The Morgan fingerprint density at radius 3 is 2.74 bits per heavy atom. The van der Waals surface area contributed by atoms with Gasteiger partial charge in [-0.3, -0.25) is 0 Å². The number of aliphatic imine (C=N–C) groups is 1. The lowest BCUT2D eigenvalue weighted by Gasteiger charge is -2.17. The number of guanidine groups is 1. The zero-order valence-corrected chi connectivity index (χ0v) is 18.1. The van der Waals surface area contributed by atoms with Gasteiger partial charge in [-0.1, -0.05) is 12.1 Å². The van der Waals surface area contributed by atoms with Crippen molar-refractivity contribution in [1.29, 1.82) is 0 Å². The molecule has 8 heteroatoms. The van der Waals surface area contributed by atoms with Gasteiger partial charge in [0.05, 0.1) is 13.2 Å². The van der Waals surface area contributed by atoms with Crippen molar-refractivity contribution in [3.05, 3.63) is 54.0 Å². The van der Waals surface area contributed by atoms with Gasteiger partial charge in [0.2, 0.25) is 5.88 Å². The number of pyridine rings is 1. The van der Waals surface area contributed by atoms with Crippen molar-refractivity contribution in [2.45, 2.75) is 26.4 Å². The van der Waals surface area contributed by atoms with Crippen molar-refractivity contribution in [3.8, 4) is 11.6 Å². The van der Waals surface area contributed by atoms with E-state index in [0.29, 0.717) is 24.8 Å². The van der Waals surface area contributed by atoms with E-state index in [0.717, 1.165) is 18.1 Å². The third-order valence-electron chi connectivity index (χ3n) is 3.38. The second-order valence-corrected chi connectivity index (χ2v) is 5.76. The highest BCUT2D eigenvalue weighted by molar-refractivity contribution is 14.0. The minimum Gasteiger partial charge on any atom is -0.439 e. The summed E-state index contributed by atoms with van der Waals surface area (Å²) in [6.45, 7) is 5.87. The molecule has 1 unspecified atom stereocenters. The van der Waals surface area contributed by atoms with E-state index in [1.54, 1.807) is 31.5 Å². The summed E-state index contributed by atoms with van der Waals surface area (Å²) in [5.41, 5.74) is 0.938. The van der Waals surface area contributed by atoms with E-state index < -0.39 is 0 Å². The van der Waals surface area contributed by atoms with E-state index in [9.17, 15) is 4.39 Å². The van der Waals surface area contributed by atoms with E-state index >= 15 is 0 Å². The molecule has 1 atom stereocenters. The van der Waals surface area contributed by atoms with Gasteiger partial charge < -0.3 is 20.1 Å². The maximum atomic E-state index is 13.2. The second-order valence-electron chi connectivity index (χ2n) is 5.76. The lowest BCUT2D eigenvalue weighted by atomic mass is 10.3. The van der Waals surface area contributed by atoms with Gasteiger partial charge in [-0.2, -0.15) is 0 Å². The predicted octanol–water partition coefficient (Wildman–Crippen LogP) is 3.72. The standard InChI is InChI=1S/C19H25FN4O2.HI/c1-4-21-19(24-14(2)13-25-3)23-12-15-8-9-18(22-11-15)26-17-7-5-6-16(20)10-17;/h5-11,14H,4,12-13H2,1-3H3,(H2,21,23,24);1H. The smallest absolute Gasteiger partial charge is 0.219 e. The van der Waals surface area contributed by atoms with E-state index in [4.69, 9.17) is 9.47 Å². The van der Waals surface area contributed by atoms with Crippen LogP contribution in [0.2, 0.25) is 0 Å². The molecule has 0 aliphatic carbocycles. The Bertz CT molecular complexity index is 713. The van der Waals surface area contributed by atoms with Crippen molar-refractivity contribution in [3.63, 3.8) is 0 Å². The number of ether oxygens (including phenoxy) is 2. The lowest BCUT2D eigenvalue weighted by molar-refractivity contribution is 0.179. The molecule has 148 valence electrons. The number of nitrogens with zero attached hydrogens (tertiary/aromatic N) is 2. The number of nitrogens with one attached hydrogen (secondary N) is 2. The summed E-state index contributed by atoms with van der Waals surface area (Å²) in [6.07, 6.45) is 1.69. The van der Waals surface area contributed by atoms with Crippen molar-refractivity contribution < 1.29 is 13.9 Å². The summed E-state index contributed by atoms with van der Waals surface area (Å²) in [6, 6.07) is 9.72. The second kappa shape index (κ2) is 12.4. The summed E-state index contributed by atoms with van der Waals surface area (Å²) >= 11 is 0. The largest absolute Gasteiger partial charge is 0.439 e. The van der Waals surface area contributed by atoms with Crippen LogP contribution in [0.4, 0.5) is 4.39 Å². The maximum Gasteiger partial charge on any atom is 0.219 e. The molecule has 2 rings (SSSR count). The lowest BCUT2D eigenvalue weighted by Crippen LogP contribution is -2.43. The van der Waals surface area contributed by atoms with Crippen LogP contribution in [0.5, 0.6) is 11.6 Å². The molecule has 2 N–H and O–H groups in total. The molecule has 0 saturated heterocycles.